The summed E-state index contributed by atoms with van der Waals surface area (Å²) in [5, 5.41) is 3.62. The van der Waals surface area contributed by atoms with E-state index in [0.717, 1.165) is 21.7 Å². The van der Waals surface area contributed by atoms with Crippen molar-refractivity contribution in [3.05, 3.63) is 63.1 Å². The van der Waals surface area contributed by atoms with Gasteiger partial charge in [0.2, 0.25) is 21.8 Å². The minimum atomic E-state index is -3.80. The zero-order chi connectivity index (χ0) is 27.4. The SMILES string of the molecule is CCC(C(=O)NC(C)(C)C)N(Cc1ccc(Cl)c(Cl)c1)C(=O)CN(c1cc(C)cc(C)c1)S(C)(=O)=O. The number of benzene rings is 2. The lowest BCUT2D eigenvalue weighted by atomic mass is 10.1. The fraction of sp³-hybridized carbons (Fsp3) is 0.462. The number of hydrogen-bond acceptors (Lipinski definition) is 4. The fourth-order valence-electron chi connectivity index (χ4n) is 3.92. The fourth-order valence-corrected chi connectivity index (χ4v) is 5.07. The normalized spacial score (nSPS) is 12.7. The minimum Gasteiger partial charge on any atom is -0.350 e. The molecule has 0 aliphatic rings. The molecule has 0 saturated carbocycles. The lowest BCUT2D eigenvalue weighted by Crippen LogP contribution is -2.55. The molecule has 7 nitrogen and oxygen atoms in total. The largest absolute Gasteiger partial charge is 0.350 e. The summed E-state index contributed by atoms with van der Waals surface area (Å²) in [5.74, 6) is -0.836. The van der Waals surface area contributed by atoms with Crippen molar-refractivity contribution in [1.82, 2.24) is 10.2 Å². The highest BCUT2D eigenvalue weighted by atomic mass is 35.5. The molecule has 0 aromatic heterocycles. The number of aryl methyl sites for hydroxylation is 2. The summed E-state index contributed by atoms with van der Waals surface area (Å²) in [6, 6.07) is 9.51. The molecule has 0 bridgehead atoms. The number of rotatable bonds is 9. The molecule has 2 amide bonds. The summed E-state index contributed by atoms with van der Waals surface area (Å²) >= 11 is 12.2. The minimum absolute atomic E-state index is 0.0518. The molecule has 36 heavy (non-hydrogen) atoms. The Labute approximate surface area is 224 Å². The van der Waals surface area contributed by atoms with Crippen LogP contribution in [0.1, 0.15) is 50.8 Å². The lowest BCUT2D eigenvalue weighted by Gasteiger charge is -2.34. The van der Waals surface area contributed by atoms with Gasteiger partial charge in [0.25, 0.3) is 0 Å². The van der Waals surface area contributed by atoms with Gasteiger partial charge in [-0.05, 0) is 82.0 Å². The van der Waals surface area contributed by atoms with Gasteiger partial charge < -0.3 is 10.2 Å². The van der Waals surface area contributed by atoms with Crippen LogP contribution in [0.4, 0.5) is 5.69 Å². The summed E-state index contributed by atoms with van der Waals surface area (Å²) in [6.07, 6.45) is 1.39. The van der Waals surface area contributed by atoms with Gasteiger partial charge in [-0.2, -0.15) is 0 Å². The number of hydrogen-bond donors (Lipinski definition) is 1. The van der Waals surface area contributed by atoms with Gasteiger partial charge in [0.05, 0.1) is 22.0 Å². The molecule has 0 radical (unpaired) electrons. The van der Waals surface area contributed by atoms with E-state index in [-0.39, 0.29) is 12.5 Å². The smallest absolute Gasteiger partial charge is 0.244 e. The van der Waals surface area contributed by atoms with Crippen LogP contribution in [0.2, 0.25) is 10.0 Å². The molecule has 0 fully saturated rings. The highest BCUT2D eigenvalue weighted by Gasteiger charge is 2.33. The first kappa shape index (κ1) is 29.9. The zero-order valence-corrected chi connectivity index (χ0v) is 24.2. The van der Waals surface area contributed by atoms with Crippen molar-refractivity contribution in [2.75, 3.05) is 17.1 Å². The van der Waals surface area contributed by atoms with Crippen LogP contribution in [-0.4, -0.2) is 49.5 Å². The van der Waals surface area contributed by atoms with E-state index in [1.807, 2.05) is 40.7 Å². The van der Waals surface area contributed by atoms with E-state index in [0.29, 0.717) is 27.7 Å². The van der Waals surface area contributed by atoms with Gasteiger partial charge in [0, 0.05) is 12.1 Å². The summed E-state index contributed by atoms with van der Waals surface area (Å²) in [5.41, 5.74) is 2.28. The molecule has 2 rings (SSSR count). The molecular weight excluding hydrogens is 521 g/mol. The van der Waals surface area contributed by atoms with Crippen LogP contribution in [0.3, 0.4) is 0 Å². The van der Waals surface area contributed by atoms with E-state index < -0.39 is 34.1 Å². The maximum atomic E-state index is 13.8. The Morgan fingerprint density at radius 2 is 1.58 bits per heavy atom. The number of carbonyl (C=O) groups excluding carboxylic acids is 2. The van der Waals surface area contributed by atoms with E-state index in [1.165, 1.54) is 4.90 Å². The van der Waals surface area contributed by atoms with Crippen molar-refractivity contribution in [2.24, 2.45) is 0 Å². The van der Waals surface area contributed by atoms with Crippen LogP contribution in [0.25, 0.3) is 0 Å². The zero-order valence-electron chi connectivity index (χ0n) is 21.9. The summed E-state index contributed by atoms with van der Waals surface area (Å²) in [6.45, 7) is 10.7. The first-order chi connectivity index (χ1) is 16.5. The molecule has 1 unspecified atom stereocenters. The van der Waals surface area contributed by atoms with E-state index in [9.17, 15) is 18.0 Å². The lowest BCUT2D eigenvalue weighted by molar-refractivity contribution is -0.141. The summed E-state index contributed by atoms with van der Waals surface area (Å²) in [4.78, 5) is 28.4. The number of nitrogens with one attached hydrogen (secondary N) is 1. The van der Waals surface area contributed by atoms with Crippen molar-refractivity contribution < 1.29 is 18.0 Å². The van der Waals surface area contributed by atoms with Crippen molar-refractivity contribution in [2.45, 2.75) is 66.1 Å². The Bertz CT molecular complexity index is 1210. The Kier molecular flexibility index (Phi) is 9.84. The maximum absolute atomic E-state index is 13.8. The van der Waals surface area contributed by atoms with Crippen LogP contribution in [-0.2, 0) is 26.2 Å². The number of sulfonamides is 1. The van der Waals surface area contributed by atoms with Gasteiger partial charge >= 0.3 is 0 Å². The molecule has 198 valence electrons. The average Bonchev–Trinajstić information content (AvgIpc) is 2.71. The van der Waals surface area contributed by atoms with E-state index in [1.54, 1.807) is 37.3 Å². The predicted octanol–water partition coefficient (Wildman–Crippen LogP) is 5.10. The van der Waals surface area contributed by atoms with Crippen LogP contribution in [0.5, 0.6) is 0 Å². The maximum Gasteiger partial charge on any atom is 0.244 e. The van der Waals surface area contributed by atoms with Crippen molar-refractivity contribution in [3.63, 3.8) is 0 Å². The third-order valence-electron chi connectivity index (χ3n) is 5.39. The number of carbonyl (C=O) groups is 2. The first-order valence-corrected chi connectivity index (χ1v) is 14.2. The molecule has 1 atom stereocenters. The van der Waals surface area contributed by atoms with Gasteiger partial charge in [0.15, 0.2) is 0 Å². The van der Waals surface area contributed by atoms with Crippen molar-refractivity contribution in [3.8, 4) is 0 Å². The molecular formula is C26H35Cl2N3O4S. The van der Waals surface area contributed by atoms with Gasteiger partial charge in [-0.25, -0.2) is 8.42 Å². The second-order valence-corrected chi connectivity index (χ2v) is 12.8. The monoisotopic (exact) mass is 555 g/mol. The third kappa shape index (κ3) is 8.39. The van der Waals surface area contributed by atoms with E-state index in [4.69, 9.17) is 23.2 Å². The molecule has 0 aliphatic heterocycles. The standard InChI is InChI=1S/C26H35Cl2N3O4S/c1-8-23(25(33)29-26(4,5)6)30(15-19-9-10-21(27)22(28)14-19)24(32)16-31(36(7,34)35)20-12-17(2)11-18(3)13-20/h9-14,23H,8,15-16H2,1-7H3,(H,29,33). The molecule has 2 aromatic carbocycles. The van der Waals surface area contributed by atoms with E-state index in [2.05, 4.69) is 5.32 Å². The molecule has 0 saturated heterocycles. The molecule has 10 heteroatoms. The van der Waals surface area contributed by atoms with Gasteiger partial charge in [0.1, 0.15) is 12.6 Å². The van der Waals surface area contributed by atoms with Crippen LogP contribution >= 0.6 is 23.2 Å². The number of halogens is 2. The Morgan fingerprint density at radius 3 is 2.06 bits per heavy atom. The molecule has 0 spiro atoms. The highest BCUT2D eigenvalue weighted by molar-refractivity contribution is 7.92. The first-order valence-electron chi connectivity index (χ1n) is 11.6. The van der Waals surface area contributed by atoms with Gasteiger partial charge in [-0.3, -0.25) is 13.9 Å². The Hall–Kier alpha value is -2.29. The van der Waals surface area contributed by atoms with Gasteiger partial charge in [-0.15, -0.1) is 0 Å². The molecule has 2 aromatic rings. The average molecular weight is 557 g/mol. The highest BCUT2D eigenvalue weighted by Crippen LogP contribution is 2.25. The van der Waals surface area contributed by atoms with Crippen molar-refractivity contribution >= 4 is 50.7 Å². The second-order valence-electron chi connectivity index (χ2n) is 10.0. The Balaban J connectivity index is 2.52. The predicted molar refractivity (Wildman–Crippen MR) is 147 cm³/mol. The summed E-state index contributed by atoms with van der Waals surface area (Å²) < 4.78 is 26.6. The van der Waals surface area contributed by atoms with E-state index >= 15 is 0 Å². The number of amides is 2. The topological polar surface area (TPSA) is 86.8 Å². The van der Waals surface area contributed by atoms with Gasteiger partial charge in [-0.1, -0.05) is 42.3 Å². The molecule has 0 aliphatic carbocycles. The quantitative estimate of drug-likeness (QED) is 0.466. The van der Waals surface area contributed by atoms with Crippen LogP contribution in [0.15, 0.2) is 36.4 Å². The second kappa shape index (κ2) is 11.8. The molecule has 1 N–H and O–H groups in total. The summed E-state index contributed by atoms with van der Waals surface area (Å²) in [7, 11) is -3.80. The van der Waals surface area contributed by atoms with Crippen molar-refractivity contribution in [1.29, 1.82) is 0 Å². The Morgan fingerprint density at radius 1 is 1.00 bits per heavy atom. The van der Waals surface area contributed by atoms with Crippen LogP contribution < -0.4 is 9.62 Å². The third-order valence-corrected chi connectivity index (χ3v) is 7.27. The molecule has 0 heterocycles. The number of anilines is 1. The van der Waals surface area contributed by atoms with Crippen LogP contribution in [0, 0.1) is 13.8 Å². The number of nitrogens with zero attached hydrogens (tertiary/aromatic N) is 2.